The lowest BCUT2D eigenvalue weighted by atomic mass is 9.84. The van der Waals surface area contributed by atoms with Gasteiger partial charge in [-0.2, -0.15) is 0 Å². The molecule has 1 atom stereocenters. The average Bonchev–Trinajstić information content (AvgIpc) is 3.51. The second kappa shape index (κ2) is 9.77. The molecule has 1 amide bonds. The molecule has 4 nitrogen and oxygen atoms in total. The number of thioether (sulfide) groups is 1. The Hall–Kier alpha value is -1.89. The minimum absolute atomic E-state index is 0.00198. The van der Waals surface area contributed by atoms with Gasteiger partial charge in [-0.05, 0) is 80.9 Å². The van der Waals surface area contributed by atoms with Crippen LogP contribution in [0.1, 0.15) is 73.4 Å². The van der Waals surface area contributed by atoms with Crippen molar-refractivity contribution in [3.05, 3.63) is 57.8 Å². The van der Waals surface area contributed by atoms with E-state index in [9.17, 15) is 4.79 Å². The molecule has 5 rings (SSSR count). The molecule has 2 saturated heterocycles. The summed E-state index contributed by atoms with van der Waals surface area (Å²) in [5.41, 5.74) is 6.02. The van der Waals surface area contributed by atoms with Gasteiger partial charge in [-0.1, -0.05) is 55.4 Å². The van der Waals surface area contributed by atoms with Crippen molar-refractivity contribution in [1.82, 2.24) is 9.47 Å². The molecule has 3 aliphatic rings. The predicted molar refractivity (Wildman–Crippen MR) is 140 cm³/mol. The monoisotopic (exact) mass is 480 g/mol. The number of rotatable bonds is 5. The number of ether oxygens (including phenoxy) is 1. The fourth-order valence-corrected chi connectivity index (χ4v) is 6.72. The van der Waals surface area contributed by atoms with Crippen molar-refractivity contribution in [2.45, 2.75) is 70.8 Å². The molecular formula is C27H32N2O2S2. The first kappa shape index (κ1) is 22.9. The summed E-state index contributed by atoms with van der Waals surface area (Å²) in [6.07, 6.45) is 10.9. The van der Waals surface area contributed by atoms with Crippen molar-refractivity contribution >= 4 is 40.3 Å². The van der Waals surface area contributed by atoms with Crippen LogP contribution in [0, 0.1) is 13.8 Å². The van der Waals surface area contributed by atoms with Gasteiger partial charge in [-0.15, -0.1) is 0 Å². The Labute approximate surface area is 206 Å². The van der Waals surface area contributed by atoms with Crippen molar-refractivity contribution in [3.63, 3.8) is 0 Å². The maximum absolute atomic E-state index is 13.1. The summed E-state index contributed by atoms with van der Waals surface area (Å²) < 4.78 is 8.63. The second-order valence-electron chi connectivity index (χ2n) is 9.52. The van der Waals surface area contributed by atoms with Gasteiger partial charge >= 0.3 is 0 Å². The molecular weight excluding hydrogens is 448 g/mol. The van der Waals surface area contributed by atoms with Gasteiger partial charge < -0.3 is 9.30 Å². The van der Waals surface area contributed by atoms with Crippen LogP contribution in [0.2, 0.25) is 0 Å². The van der Waals surface area contributed by atoms with Gasteiger partial charge in [0.15, 0.2) is 0 Å². The van der Waals surface area contributed by atoms with Crippen molar-refractivity contribution in [3.8, 4) is 5.69 Å². The number of carbonyl (C=O) groups excluding carboxylic acids is 1. The highest BCUT2D eigenvalue weighted by Crippen LogP contribution is 2.36. The van der Waals surface area contributed by atoms with E-state index >= 15 is 0 Å². The number of benzene rings is 1. The number of aromatic nitrogens is 1. The van der Waals surface area contributed by atoms with E-state index in [1.54, 1.807) is 4.90 Å². The van der Waals surface area contributed by atoms with E-state index < -0.39 is 0 Å². The molecule has 2 aliphatic heterocycles. The third kappa shape index (κ3) is 4.71. The Morgan fingerprint density at radius 3 is 2.55 bits per heavy atom. The van der Waals surface area contributed by atoms with Crippen molar-refractivity contribution in [2.24, 2.45) is 0 Å². The molecule has 1 aromatic heterocycles. The Balaban J connectivity index is 1.36. The summed E-state index contributed by atoms with van der Waals surface area (Å²) in [4.78, 5) is 15.5. The molecule has 0 spiro atoms. The predicted octanol–water partition coefficient (Wildman–Crippen LogP) is 6.52. The van der Waals surface area contributed by atoms with E-state index in [1.165, 1.54) is 60.8 Å². The zero-order valence-electron chi connectivity index (χ0n) is 19.5. The van der Waals surface area contributed by atoms with E-state index in [0.717, 1.165) is 30.7 Å². The van der Waals surface area contributed by atoms with Crippen molar-refractivity contribution < 1.29 is 9.53 Å². The van der Waals surface area contributed by atoms with Crippen LogP contribution in [0.4, 0.5) is 0 Å². The Morgan fingerprint density at radius 1 is 1.09 bits per heavy atom. The van der Waals surface area contributed by atoms with E-state index in [1.807, 2.05) is 6.08 Å². The highest BCUT2D eigenvalue weighted by Gasteiger charge is 2.34. The van der Waals surface area contributed by atoms with Gasteiger partial charge in [0, 0.05) is 23.7 Å². The average molecular weight is 481 g/mol. The molecule has 0 N–H and O–H groups in total. The first-order chi connectivity index (χ1) is 16.0. The van der Waals surface area contributed by atoms with Crippen LogP contribution in [-0.4, -0.2) is 39.0 Å². The summed E-state index contributed by atoms with van der Waals surface area (Å²) in [5.74, 6) is 0.717. The highest BCUT2D eigenvalue weighted by molar-refractivity contribution is 8.26. The molecule has 0 radical (unpaired) electrons. The van der Waals surface area contributed by atoms with Gasteiger partial charge in [0.25, 0.3) is 5.91 Å². The van der Waals surface area contributed by atoms with Gasteiger partial charge in [0.05, 0.1) is 17.6 Å². The van der Waals surface area contributed by atoms with Crippen LogP contribution < -0.4 is 0 Å². The van der Waals surface area contributed by atoms with Gasteiger partial charge in [0.1, 0.15) is 4.32 Å². The van der Waals surface area contributed by atoms with Crippen LogP contribution in [0.25, 0.3) is 11.8 Å². The van der Waals surface area contributed by atoms with Crippen LogP contribution in [-0.2, 0) is 9.53 Å². The Bertz CT molecular complexity index is 1070. The highest BCUT2D eigenvalue weighted by atomic mass is 32.2. The summed E-state index contributed by atoms with van der Waals surface area (Å²) in [5, 5.41) is 0. The number of nitrogens with zero attached hydrogens (tertiary/aromatic N) is 2. The minimum Gasteiger partial charge on any atom is -0.376 e. The summed E-state index contributed by atoms with van der Waals surface area (Å²) >= 11 is 6.92. The third-order valence-electron chi connectivity index (χ3n) is 7.27. The van der Waals surface area contributed by atoms with Crippen molar-refractivity contribution in [1.29, 1.82) is 0 Å². The van der Waals surface area contributed by atoms with Gasteiger partial charge in [-0.3, -0.25) is 9.69 Å². The van der Waals surface area contributed by atoms with E-state index in [0.29, 0.717) is 21.7 Å². The maximum atomic E-state index is 13.1. The molecule has 3 fully saturated rings. The number of hydrogen-bond acceptors (Lipinski definition) is 4. The maximum Gasteiger partial charge on any atom is 0.266 e. The first-order valence-corrected chi connectivity index (χ1v) is 13.4. The number of aryl methyl sites for hydroxylation is 1. The van der Waals surface area contributed by atoms with E-state index in [2.05, 4.69) is 48.7 Å². The lowest BCUT2D eigenvalue weighted by molar-refractivity contribution is -0.123. The standard InChI is InChI=1S/C27H32N2O2S2/c1-18-15-22(16-25-26(30)28(27(32)33-25)17-24-9-6-14-31-24)19(2)29(18)23-12-10-21(11-13-23)20-7-4-3-5-8-20/h10-13,15-16,20,24H,3-9,14,17H2,1-2H3/b25-16-/t24-/m0/s1. The largest absolute Gasteiger partial charge is 0.376 e. The lowest BCUT2D eigenvalue weighted by Gasteiger charge is -2.22. The van der Waals surface area contributed by atoms with Crippen LogP contribution in [0.3, 0.4) is 0 Å². The van der Waals surface area contributed by atoms with E-state index in [-0.39, 0.29) is 12.0 Å². The molecule has 2 aromatic rings. The van der Waals surface area contributed by atoms with Crippen LogP contribution >= 0.6 is 24.0 Å². The number of amides is 1. The zero-order valence-corrected chi connectivity index (χ0v) is 21.1. The Morgan fingerprint density at radius 2 is 1.85 bits per heavy atom. The molecule has 1 saturated carbocycles. The fraction of sp³-hybridized carbons (Fsp3) is 0.481. The number of carbonyl (C=O) groups is 1. The molecule has 3 heterocycles. The topological polar surface area (TPSA) is 34.5 Å². The SMILES string of the molecule is Cc1cc(/C=C2\SC(=S)N(C[C@@H]3CCCO3)C2=O)c(C)n1-c1ccc(C2CCCCC2)cc1. The molecule has 1 aliphatic carbocycles. The Kier molecular flexibility index (Phi) is 6.77. The van der Waals surface area contributed by atoms with E-state index in [4.69, 9.17) is 17.0 Å². The zero-order chi connectivity index (χ0) is 22.9. The molecule has 33 heavy (non-hydrogen) atoms. The lowest BCUT2D eigenvalue weighted by Crippen LogP contribution is -2.35. The molecule has 1 aromatic carbocycles. The summed E-state index contributed by atoms with van der Waals surface area (Å²) in [6, 6.07) is 11.3. The second-order valence-corrected chi connectivity index (χ2v) is 11.2. The smallest absolute Gasteiger partial charge is 0.266 e. The molecule has 0 bridgehead atoms. The number of hydrogen-bond donors (Lipinski definition) is 0. The minimum atomic E-state index is 0.00198. The summed E-state index contributed by atoms with van der Waals surface area (Å²) in [7, 11) is 0. The van der Waals surface area contributed by atoms with Crippen LogP contribution in [0.15, 0.2) is 35.2 Å². The van der Waals surface area contributed by atoms with Gasteiger partial charge in [0.2, 0.25) is 0 Å². The molecule has 6 heteroatoms. The summed E-state index contributed by atoms with van der Waals surface area (Å²) in [6.45, 7) is 5.60. The number of thiocarbonyl (C=S) groups is 1. The van der Waals surface area contributed by atoms with Gasteiger partial charge in [-0.25, -0.2) is 0 Å². The fourth-order valence-electron chi connectivity index (χ4n) is 5.45. The normalized spacial score (nSPS) is 23.3. The quantitative estimate of drug-likeness (QED) is 0.360. The first-order valence-electron chi connectivity index (χ1n) is 12.2. The third-order valence-corrected chi connectivity index (χ3v) is 8.65. The van der Waals surface area contributed by atoms with Crippen molar-refractivity contribution in [2.75, 3.05) is 13.2 Å². The molecule has 0 unspecified atom stereocenters. The van der Waals surface area contributed by atoms with Crippen LogP contribution in [0.5, 0.6) is 0 Å². The molecule has 174 valence electrons.